The van der Waals surface area contributed by atoms with E-state index in [1.807, 2.05) is 6.08 Å². The lowest BCUT2D eigenvalue weighted by atomic mass is 10.1. The fourth-order valence-electron chi connectivity index (χ4n) is 2.06. The van der Waals surface area contributed by atoms with Gasteiger partial charge in [-0.25, -0.2) is 0 Å². The standard InChI is InChI=1S/C19H29NO7S/c20-14(19(26)27)13-28-16(15(21)9-8-12-18(24)25)10-6-4-2-1-3-5-7-11-17(22)23/h1-4,6,10,14-16,21H,5,7-9,11-13,20H2,(H,22,23)(H,24,25)(H,26,27). The van der Waals surface area contributed by atoms with E-state index in [-0.39, 0.29) is 25.0 Å². The van der Waals surface area contributed by atoms with Crippen LogP contribution < -0.4 is 5.73 Å². The molecule has 0 saturated heterocycles. The zero-order valence-electron chi connectivity index (χ0n) is 15.6. The van der Waals surface area contributed by atoms with Crippen LogP contribution in [0.15, 0.2) is 36.5 Å². The summed E-state index contributed by atoms with van der Waals surface area (Å²) in [6.07, 6.45) is 11.7. The Morgan fingerprint density at radius 1 is 0.929 bits per heavy atom. The zero-order chi connectivity index (χ0) is 21.4. The third-order valence-electron chi connectivity index (χ3n) is 3.59. The number of carboxylic acids is 3. The van der Waals surface area contributed by atoms with Crippen LogP contribution in [-0.4, -0.2) is 61.5 Å². The summed E-state index contributed by atoms with van der Waals surface area (Å²) in [6.45, 7) is 0. The normalized spacial score (nSPS) is 15.2. The maximum atomic E-state index is 10.8. The van der Waals surface area contributed by atoms with Crippen LogP contribution >= 0.6 is 11.8 Å². The molecule has 0 spiro atoms. The van der Waals surface area contributed by atoms with Gasteiger partial charge in [-0.2, -0.15) is 0 Å². The van der Waals surface area contributed by atoms with Crippen molar-refractivity contribution in [3.05, 3.63) is 36.5 Å². The Morgan fingerprint density at radius 3 is 2.14 bits per heavy atom. The van der Waals surface area contributed by atoms with Gasteiger partial charge in [0.15, 0.2) is 0 Å². The molecule has 0 rings (SSSR count). The second kappa shape index (κ2) is 15.9. The Balaban J connectivity index is 4.58. The molecule has 0 bridgehead atoms. The van der Waals surface area contributed by atoms with Crippen LogP contribution in [0.2, 0.25) is 0 Å². The molecule has 0 aromatic rings. The minimum atomic E-state index is -1.12. The Bertz CT molecular complexity index is 575. The number of aliphatic carboxylic acids is 3. The van der Waals surface area contributed by atoms with Crippen molar-refractivity contribution in [3.8, 4) is 0 Å². The van der Waals surface area contributed by atoms with Gasteiger partial charge in [-0.15, -0.1) is 11.8 Å². The monoisotopic (exact) mass is 415 g/mol. The molecule has 3 atom stereocenters. The number of nitrogens with two attached hydrogens (primary N) is 1. The molecule has 8 nitrogen and oxygen atoms in total. The van der Waals surface area contributed by atoms with Gasteiger partial charge in [-0.1, -0.05) is 36.5 Å². The highest BCUT2D eigenvalue weighted by Crippen LogP contribution is 2.21. The maximum Gasteiger partial charge on any atom is 0.321 e. The second-order valence-corrected chi connectivity index (χ2v) is 7.29. The van der Waals surface area contributed by atoms with Crippen molar-refractivity contribution in [2.24, 2.45) is 5.73 Å². The number of rotatable bonds is 16. The predicted molar refractivity (Wildman–Crippen MR) is 108 cm³/mol. The summed E-state index contributed by atoms with van der Waals surface area (Å²) in [5.41, 5.74) is 5.49. The van der Waals surface area contributed by atoms with E-state index in [1.165, 1.54) is 11.8 Å². The van der Waals surface area contributed by atoms with E-state index < -0.39 is 35.3 Å². The van der Waals surface area contributed by atoms with Gasteiger partial charge in [0.2, 0.25) is 0 Å². The highest BCUT2D eigenvalue weighted by atomic mass is 32.2. The molecule has 3 unspecified atom stereocenters. The lowest BCUT2D eigenvalue weighted by molar-refractivity contribution is -0.138. The molecule has 0 aliphatic carbocycles. The Hall–Kier alpha value is -2.10. The summed E-state index contributed by atoms with van der Waals surface area (Å²) in [5, 5.41) is 35.9. The molecule has 0 saturated carbocycles. The molecule has 0 radical (unpaired) electrons. The first-order valence-corrected chi connectivity index (χ1v) is 10.0. The van der Waals surface area contributed by atoms with Crippen LogP contribution in [0, 0.1) is 0 Å². The van der Waals surface area contributed by atoms with E-state index in [0.717, 1.165) is 0 Å². The molecule has 9 heteroatoms. The van der Waals surface area contributed by atoms with Crippen molar-refractivity contribution in [3.63, 3.8) is 0 Å². The third kappa shape index (κ3) is 15.0. The Morgan fingerprint density at radius 2 is 1.54 bits per heavy atom. The van der Waals surface area contributed by atoms with Crippen molar-refractivity contribution in [2.75, 3.05) is 5.75 Å². The van der Waals surface area contributed by atoms with Gasteiger partial charge >= 0.3 is 17.9 Å². The van der Waals surface area contributed by atoms with E-state index in [0.29, 0.717) is 19.3 Å². The van der Waals surface area contributed by atoms with Crippen LogP contribution in [0.1, 0.15) is 38.5 Å². The van der Waals surface area contributed by atoms with Gasteiger partial charge in [-0.3, -0.25) is 14.4 Å². The largest absolute Gasteiger partial charge is 0.481 e. The number of unbranched alkanes of at least 4 members (excludes halogenated alkanes) is 1. The first-order chi connectivity index (χ1) is 13.2. The van der Waals surface area contributed by atoms with Gasteiger partial charge in [-0.05, 0) is 25.7 Å². The molecule has 0 aromatic carbocycles. The Labute approximate surface area is 168 Å². The summed E-state index contributed by atoms with van der Waals surface area (Å²) < 4.78 is 0. The average Bonchev–Trinajstić information content (AvgIpc) is 2.61. The Kier molecular flexibility index (Phi) is 14.7. The van der Waals surface area contributed by atoms with Gasteiger partial charge in [0.25, 0.3) is 0 Å². The van der Waals surface area contributed by atoms with Crippen LogP contribution in [0.5, 0.6) is 0 Å². The van der Waals surface area contributed by atoms with E-state index in [4.69, 9.17) is 21.1 Å². The first kappa shape index (κ1) is 25.9. The molecule has 0 heterocycles. The van der Waals surface area contributed by atoms with Crippen molar-refractivity contribution < 1.29 is 34.8 Å². The van der Waals surface area contributed by atoms with Crippen molar-refractivity contribution in [1.29, 1.82) is 0 Å². The van der Waals surface area contributed by atoms with Crippen LogP contribution in [-0.2, 0) is 14.4 Å². The summed E-state index contributed by atoms with van der Waals surface area (Å²) in [7, 11) is 0. The van der Waals surface area contributed by atoms with Crippen molar-refractivity contribution in [1.82, 2.24) is 0 Å². The minimum Gasteiger partial charge on any atom is -0.481 e. The molecular weight excluding hydrogens is 386 g/mol. The highest BCUT2D eigenvalue weighted by molar-refractivity contribution is 8.00. The van der Waals surface area contributed by atoms with E-state index in [1.54, 1.807) is 30.4 Å². The topological polar surface area (TPSA) is 158 Å². The van der Waals surface area contributed by atoms with Gasteiger partial charge < -0.3 is 26.2 Å². The lowest BCUT2D eigenvalue weighted by Crippen LogP contribution is -2.34. The van der Waals surface area contributed by atoms with Crippen molar-refractivity contribution in [2.45, 2.75) is 55.9 Å². The number of aliphatic hydroxyl groups excluding tert-OH is 1. The van der Waals surface area contributed by atoms with E-state index in [9.17, 15) is 19.5 Å². The van der Waals surface area contributed by atoms with E-state index in [2.05, 4.69) is 0 Å². The molecular formula is C19H29NO7S. The number of carboxylic acid groups (broad SMARTS) is 3. The summed E-state index contributed by atoms with van der Waals surface area (Å²) >= 11 is 1.20. The number of hydrogen-bond acceptors (Lipinski definition) is 6. The fraction of sp³-hybridized carbons (Fsp3) is 0.526. The zero-order valence-corrected chi connectivity index (χ0v) is 16.5. The van der Waals surface area contributed by atoms with Gasteiger partial charge in [0, 0.05) is 23.8 Å². The minimum absolute atomic E-state index is 0.0423. The molecule has 0 aromatic heterocycles. The number of aliphatic hydroxyl groups is 1. The highest BCUT2D eigenvalue weighted by Gasteiger charge is 2.20. The number of hydrogen-bond donors (Lipinski definition) is 5. The molecule has 0 amide bonds. The van der Waals surface area contributed by atoms with Crippen molar-refractivity contribution >= 4 is 29.7 Å². The SMILES string of the molecule is NC(CSC(C=CC=CC=CCCCC(=O)O)C(O)CCCC(=O)O)C(=O)O. The summed E-state index contributed by atoms with van der Waals surface area (Å²) in [6, 6.07) is -1.05. The average molecular weight is 416 g/mol. The molecule has 6 N–H and O–H groups in total. The third-order valence-corrected chi connectivity index (χ3v) is 4.99. The fourth-order valence-corrected chi connectivity index (χ4v) is 3.19. The molecule has 158 valence electrons. The number of allylic oxidation sites excluding steroid dienone is 5. The lowest BCUT2D eigenvalue weighted by Gasteiger charge is -2.20. The second-order valence-electron chi connectivity index (χ2n) is 6.08. The van der Waals surface area contributed by atoms with Gasteiger partial charge in [0.05, 0.1) is 6.10 Å². The van der Waals surface area contributed by atoms with Gasteiger partial charge in [0.1, 0.15) is 6.04 Å². The quantitative estimate of drug-likeness (QED) is 0.188. The summed E-state index contributed by atoms with van der Waals surface area (Å²) in [4.78, 5) is 31.8. The predicted octanol–water partition coefficient (Wildman–Crippen LogP) is 2.04. The summed E-state index contributed by atoms with van der Waals surface area (Å²) in [5.74, 6) is -2.76. The van der Waals surface area contributed by atoms with Crippen LogP contribution in [0.3, 0.4) is 0 Å². The first-order valence-electron chi connectivity index (χ1n) is 8.95. The molecule has 0 fully saturated rings. The number of carbonyl (C=O) groups is 3. The molecule has 28 heavy (non-hydrogen) atoms. The number of thioether (sulfide) groups is 1. The molecule has 0 aliphatic rings. The van der Waals surface area contributed by atoms with E-state index >= 15 is 0 Å². The molecule has 0 aliphatic heterocycles. The maximum absolute atomic E-state index is 10.8. The smallest absolute Gasteiger partial charge is 0.321 e. The van der Waals surface area contributed by atoms with Crippen LogP contribution in [0.4, 0.5) is 0 Å². The van der Waals surface area contributed by atoms with Crippen LogP contribution in [0.25, 0.3) is 0 Å².